The van der Waals surface area contributed by atoms with E-state index in [2.05, 4.69) is 6.07 Å². The first kappa shape index (κ1) is 12.3. The van der Waals surface area contributed by atoms with Crippen LogP contribution in [0.2, 0.25) is 0 Å². The summed E-state index contributed by atoms with van der Waals surface area (Å²) in [5, 5.41) is 19.6. The Labute approximate surface area is 117 Å². The maximum atomic E-state index is 10.2. The van der Waals surface area contributed by atoms with Crippen LogP contribution in [0.3, 0.4) is 0 Å². The normalized spacial score (nSPS) is 10.4. The molecule has 0 aliphatic heterocycles. The highest BCUT2D eigenvalue weighted by Gasteiger charge is 2.11. The highest BCUT2D eigenvalue weighted by atomic mass is 16.3. The van der Waals surface area contributed by atoms with Gasteiger partial charge < -0.3 is 10.2 Å². The molecule has 0 amide bonds. The molecule has 20 heavy (non-hydrogen) atoms. The maximum absolute atomic E-state index is 10.2. The fraction of sp³-hybridized carbons (Fsp3) is 0. The molecule has 0 unspecified atom stereocenters. The van der Waals surface area contributed by atoms with Crippen molar-refractivity contribution in [2.45, 2.75) is 0 Å². The second-order valence-electron chi connectivity index (χ2n) is 4.53. The van der Waals surface area contributed by atoms with Gasteiger partial charge in [-0.3, -0.25) is 0 Å². The van der Waals surface area contributed by atoms with Crippen LogP contribution < -0.4 is 0 Å². The zero-order valence-corrected chi connectivity index (χ0v) is 10.7. The van der Waals surface area contributed by atoms with E-state index in [4.69, 9.17) is 0 Å². The van der Waals surface area contributed by atoms with Gasteiger partial charge in [-0.1, -0.05) is 48.5 Å². The van der Waals surface area contributed by atoms with Crippen molar-refractivity contribution in [3.8, 4) is 33.8 Å². The third-order valence-electron chi connectivity index (χ3n) is 3.19. The summed E-state index contributed by atoms with van der Waals surface area (Å²) in [5.74, 6) is 0.438. The van der Waals surface area contributed by atoms with E-state index >= 15 is 0 Å². The topological polar surface area (TPSA) is 40.5 Å². The van der Waals surface area contributed by atoms with E-state index in [1.54, 1.807) is 24.3 Å². The summed E-state index contributed by atoms with van der Waals surface area (Å²) in [6.07, 6.45) is 0. The van der Waals surface area contributed by atoms with Crippen LogP contribution in [0.1, 0.15) is 0 Å². The summed E-state index contributed by atoms with van der Waals surface area (Å²) in [7, 11) is 0. The predicted molar refractivity (Wildman–Crippen MR) is 79.5 cm³/mol. The number of phenols is 2. The summed E-state index contributed by atoms with van der Waals surface area (Å²) < 4.78 is 0. The van der Waals surface area contributed by atoms with Gasteiger partial charge in [-0.15, -0.1) is 0 Å². The van der Waals surface area contributed by atoms with Crippen LogP contribution in [0.25, 0.3) is 22.3 Å². The highest BCUT2D eigenvalue weighted by Crippen LogP contribution is 2.38. The Kier molecular flexibility index (Phi) is 3.13. The number of benzene rings is 3. The summed E-state index contributed by atoms with van der Waals surface area (Å²) in [4.78, 5) is 0. The van der Waals surface area contributed by atoms with E-state index in [9.17, 15) is 10.2 Å². The van der Waals surface area contributed by atoms with Gasteiger partial charge in [-0.2, -0.15) is 0 Å². The third kappa shape index (κ3) is 2.24. The zero-order valence-electron chi connectivity index (χ0n) is 10.7. The lowest BCUT2D eigenvalue weighted by atomic mass is 9.94. The largest absolute Gasteiger partial charge is 0.508 e. The van der Waals surface area contributed by atoms with E-state index in [0.29, 0.717) is 0 Å². The average molecular weight is 261 g/mol. The molecule has 2 heteroatoms. The van der Waals surface area contributed by atoms with Crippen LogP contribution in [0.4, 0.5) is 0 Å². The molecule has 0 spiro atoms. The lowest BCUT2D eigenvalue weighted by Crippen LogP contribution is -1.86. The Balaban J connectivity index is 2.22. The lowest BCUT2D eigenvalue weighted by molar-refractivity contribution is 0.475. The van der Waals surface area contributed by atoms with Crippen LogP contribution >= 0.6 is 0 Å². The van der Waals surface area contributed by atoms with Crippen molar-refractivity contribution in [1.29, 1.82) is 0 Å². The fourth-order valence-corrected chi connectivity index (χ4v) is 2.24. The molecule has 97 valence electrons. The van der Waals surface area contributed by atoms with E-state index in [-0.39, 0.29) is 11.5 Å². The molecular weight excluding hydrogens is 248 g/mol. The van der Waals surface area contributed by atoms with Gasteiger partial charge in [0.1, 0.15) is 11.5 Å². The highest BCUT2D eigenvalue weighted by molar-refractivity contribution is 5.87. The van der Waals surface area contributed by atoms with Crippen LogP contribution in [-0.2, 0) is 0 Å². The van der Waals surface area contributed by atoms with Crippen LogP contribution in [-0.4, -0.2) is 10.2 Å². The molecular formula is C18H13O2. The molecule has 0 aliphatic rings. The second-order valence-corrected chi connectivity index (χ2v) is 4.53. The fourth-order valence-electron chi connectivity index (χ4n) is 2.24. The van der Waals surface area contributed by atoms with Crippen molar-refractivity contribution in [2.24, 2.45) is 0 Å². The Morgan fingerprint density at radius 1 is 0.700 bits per heavy atom. The first-order valence-corrected chi connectivity index (χ1v) is 6.34. The minimum atomic E-state index is 0.218. The SMILES string of the molecule is Oc1ccc(-c2[c]ccc(O)c2-c2ccccc2)cc1. The van der Waals surface area contributed by atoms with E-state index in [1.165, 1.54) is 0 Å². The van der Waals surface area contributed by atoms with Crippen molar-refractivity contribution in [2.75, 3.05) is 0 Å². The van der Waals surface area contributed by atoms with Crippen molar-refractivity contribution in [3.05, 3.63) is 72.8 Å². The minimum Gasteiger partial charge on any atom is -0.508 e. The van der Waals surface area contributed by atoms with Gasteiger partial charge in [-0.25, -0.2) is 0 Å². The number of hydrogen-bond acceptors (Lipinski definition) is 2. The molecule has 3 aromatic carbocycles. The van der Waals surface area contributed by atoms with Gasteiger partial charge in [0.05, 0.1) is 0 Å². The molecule has 0 fully saturated rings. The van der Waals surface area contributed by atoms with Crippen molar-refractivity contribution in [1.82, 2.24) is 0 Å². The summed E-state index contributed by atoms with van der Waals surface area (Å²) >= 11 is 0. The maximum Gasteiger partial charge on any atom is 0.124 e. The first-order chi connectivity index (χ1) is 9.75. The standard InChI is InChI=1S/C18H13O2/c19-15-11-9-13(10-12-15)16-7-4-8-17(20)18(16)14-5-2-1-3-6-14/h1-6,8-12,19-20H. The molecule has 0 aromatic heterocycles. The van der Waals surface area contributed by atoms with Crippen molar-refractivity contribution in [3.63, 3.8) is 0 Å². The summed E-state index contributed by atoms with van der Waals surface area (Å²) in [6, 6.07) is 23.1. The second kappa shape index (κ2) is 5.10. The number of aromatic hydroxyl groups is 2. The van der Waals surface area contributed by atoms with Crippen molar-refractivity contribution < 1.29 is 10.2 Å². The van der Waals surface area contributed by atoms with Gasteiger partial charge in [-0.05, 0) is 35.4 Å². The molecule has 2 nitrogen and oxygen atoms in total. The molecule has 0 aliphatic carbocycles. The number of rotatable bonds is 2. The number of hydrogen-bond donors (Lipinski definition) is 2. The van der Waals surface area contributed by atoms with Gasteiger partial charge in [0.15, 0.2) is 0 Å². The van der Waals surface area contributed by atoms with Crippen LogP contribution in [0, 0.1) is 6.07 Å². The predicted octanol–water partition coefficient (Wildman–Crippen LogP) is 4.23. The van der Waals surface area contributed by atoms with E-state index < -0.39 is 0 Å². The molecule has 3 aromatic rings. The average Bonchev–Trinajstić information content (AvgIpc) is 2.49. The zero-order chi connectivity index (χ0) is 13.9. The Morgan fingerprint density at radius 3 is 2.10 bits per heavy atom. The molecule has 3 rings (SSSR count). The molecule has 2 N–H and O–H groups in total. The van der Waals surface area contributed by atoms with Gasteiger partial charge >= 0.3 is 0 Å². The van der Waals surface area contributed by atoms with Crippen LogP contribution in [0.5, 0.6) is 11.5 Å². The molecule has 0 saturated carbocycles. The molecule has 1 radical (unpaired) electrons. The Hall–Kier alpha value is -2.74. The lowest BCUT2D eigenvalue weighted by Gasteiger charge is -2.11. The molecule has 0 heterocycles. The number of phenolic OH excluding ortho intramolecular Hbond substituents is 2. The van der Waals surface area contributed by atoms with Gasteiger partial charge in [0.2, 0.25) is 0 Å². The molecule has 0 saturated heterocycles. The summed E-state index contributed by atoms with van der Waals surface area (Å²) in [5.41, 5.74) is 3.40. The first-order valence-electron chi connectivity index (χ1n) is 6.34. The van der Waals surface area contributed by atoms with Crippen LogP contribution in [0.15, 0.2) is 66.7 Å². The minimum absolute atomic E-state index is 0.218. The van der Waals surface area contributed by atoms with Gasteiger partial charge in [0, 0.05) is 11.1 Å². The molecule has 0 atom stereocenters. The Morgan fingerprint density at radius 2 is 1.40 bits per heavy atom. The summed E-state index contributed by atoms with van der Waals surface area (Å²) in [6.45, 7) is 0. The quantitative estimate of drug-likeness (QED) is 0.724. The molecule has 0 bridgehead atoms. The smallest absolute Gasteiger partial charge is 0.124 e. The Bertz CT molecular complexity index is 716. The van der Waals surface area contributed by atoms with E-state index in [0.717, 1.165) is 22.3 Å². The third-order valence-corrected chi connectivity index (χ3v) is 3.19. The van der Waals surface area contributed by atoms with E-state index in [1.807, 2.05) is 42.5 Å². The van der Waals surface area contributed by atoms with Crippen molar-refractivity contribution >= 4 is 0 Å². The van der Waals surface area contributed by atoms with Gasteiger partial charge in [0.25, 0.3) is 0 Å². The monoisotopic (exact) mass is 261 g/mol.